The predicted molar refractivity (Wildman–Crippen MR) is 71.4 cm³/mol. The van der Waals surface area contributed by atoms with Crippen molar-refractivity contribution in [1.82, 2.24) is 4.90 Å². The van der Waals surface area contributed by atoms with Crippen LogP contribution in [0, 0.1) is 11.6 Å². The lowest BCUT2D eigenvalue weighted by molar-refractivity contribution is -0.121. The zero-order chi connectivity index (χ0) is 14.7. The van der Waals surface area contributed by atoms with Crippen LogP contribution in [0.15, 0.2) is 18.2 Å². The van der Waals surface area contributed by atoms with Crippen molar-refractivity contribution in [3.63, 3.8) is 0 Å². The van der Waals surface area contributed by atoms with Crippen molar-refractivity contribution in [3.8, 4) is 0 Å². The minimum atomic E-state index is -0.776. The van der Waals surface area contributed by atoms with Crippen molar-refractivity contribution < 1.29 is 18.3 Å². The van der Waals surface area contributed by atoms with Gasteiger partial charge >= 0.3 is 0 Å². The van der Waals surface area contributed by atoms with E-state index in [0.29, 0.717) is 13.1 Å². The Balaban J connectivity index is 1.92. The van der Waals surface area contributed by atoms with Gasteiger partial charge in [-0.1, -0.05) is 0 Å². The number of ether oxygens (including phenoxy) is 1. The fraction of sp³-hybridized carbons (Fsp3) is 0.500. The molecule has 1 saturated heterocycles. The normalized spacial score (nSPS) is 23.6. The molecule has 2 atom stereocenters. The topological polar surface area (TPSA) is 41.6 Å². The number of halogens is 2. The lowest BCUT2D eigenvalue weighted by atomic mass is 10.2. The van der Waals surface area contributed by atoms with E-state index in [4.69, 9.17) is 4.74 Å². The highest BCUT2D eigenvalue weighted by atomic mass is 19.1. The summed E-state index contributed by atoms with van der Waals surface area (Å²) in [4.78, 5) is 13.8. The summed E-state index contributed by atoms with van der Waals surface area (Å²) in [5.41, 5.74) is -0.00856. The van der Waals surface area contributed by atoms with Crippen molar-refractivity contribution in [2.75, 3.05) is 25.0 Å². The van der Waals surface area contributed by atoms with Crippen LogP contribution >= 0.6 is 0 Å². The fourth-order valence-corrected chi connectivity index (χ4v) is 2.40. The van der Waals surface area contributed by atoms with Crippen LogP contribution < -0.4 is 5.32 Å². The standard InChI is InChI=1S/C14H18F2N2O2/c1-9-6-18(7-10(2)20-9)8-14(19)17-13-4-3-11(15)5-12(13)16/h3-5,9-10H,6-8H2,1-2H3,(H,17,19). The van der Waals surface area contributed by atoms with E-state index >= 15 is 0 Å². The zero-order valence-electron chi connectivity index (χ0n) is 11.5. The second-order valence-electron chi connectivity index (χ2n) is 5.12. The molecule has 4 nitrogen and oxygen atoms in total. The number of amides is 1. The van der Waals surface area contributed by atoms with Crippen LogP contribution in [0.4, 0.5) is 14.5 Å². The molecule has 1 heterocycles. The number of hydrogen-bond donors (Lipinski definition) is 1. The number of hydrogen-bond acceptors (Lipinski definition) is 3. The van der Waals surface area contributed by atoms with Crippen molar-refractivity contribution in [1.29, 1.82) is 0 Å². The molecule has 1 aliphatic rings. The Morgan fingerprint density at radius 3 is 2.60 bits per heavy atom. The summed E-state index contributed by atoms with van der Waals surface area (Å²) in [5, 5.41) is 2.45. The number of carbonyl (C=O) groups is 1. The maximum absolute atomic E-state index is 13.4. The fourth-order valence-electron chi connectivity index (χ4n) is 2.40. The first-order valence-electron chi connectivity index (χ1n) is 6.56. The number of nitrogens with zero attached hydrogens (tertiary/aromatic N) is 1. The van der Waals surface area contributed by atoms with E-state index in [-0.39, 0.29) is 30.3 Å². The van der Waals surface area contributed by atoms with Gasteiger partial charge in [0.25, 0.3) is 0 Å². The molecule has 1 amide bonds. The summed E-state index contributed by atoms with van der Waals surface area (Å²) in [6.45, 7) is 5.36. The van der Waals surface area contributed by atoms with Gasteiger partial charge in [-0.25, -0.2) is 8.78 Å². The van der Waals surface area contributed by atoms with Crippen LogP contribution in [0.2, 0.25) is 0 Å². The minimum Gasteiger partial charge on any atom is -0.373 e. The van der Waals surface area contributed by atoms with Crippen molar-refractivity contribution >= 4 is 11.6 Å². The summed E-state index contributed by atoms with van der Waals surface area (Å²) in [6.07, 6.45) is 0.128. The smallest absolute Gasteiger partial charge is 0.238 e. The highest BCUT2D eigenvalue weighted by Crippen LogP contribution is 2.15. The summed E-state index contributed by atoms with van der Waals surface area (Å²) in [6, 6.07) is 3.07. The number of rotatable bonds is 3. The summed E-state index contributed by atoms with van der Waals surface area (Å²) < 4.78 is 31.8. The SMILES string of the molecule is CC1CN(CC(=O)Nc2ccc(F)cc2F)CC(C)O1. The van der Waals surface area contributed by atoms with Crippen LogP contribution in [0.25, 0.3) is 0 Å². The third-order valence-corrected chi connectivity index (χ3v) is 3.07. The molecule has 0 aromatic heterocycles. The Morgan fingerprint density at radius 1 is 1.35 bits per heavy atom. The molecule has 0 saturated carbocycles. The average molecular weight is 284 g/mol. The largest absolute Gasteiger partial charge is 0.373 e. The molecular weight excluding hydrogens is 266 g/mol. The average Bonchev–Trinajstić information content (AvgIpc) is 2.31. The summed E-state index contributed by atoms with van der Waals surface area (Å²) in [7, 11) is 0. The maximum atomic E-state index is 13.4. The second-order valence-corrected chi connectivity index (χ2v) is 5.12. The van der Waals surface area contributed by atoms with Gasteiger partial charge in [-0.15, -0.1) is 0 Å². The lowest BCUT2D eigenvalue weighted by Gasteiger charge is -2.34. The molecule has 20 heavy (non-hydrogen) atoms. The van der Waals surface area contributed by atoms with Crippen LogP contribution in [-0.2, 0) is 9.53 Å². The molecule has 6 heteroatoms. The molecule has 1 aromatic rings. The molecule has 0 bridgehead atoms. The van der Waals surface area contributed by atoms with Gasteiger partial charge in [-0.2, -0.15) is 0 Å². The molecule has 1 aromatic carbocycles. The van der Waals surface area contributed by atoms with Crippen molar-refractivity contribution in [3.05, 3.63) is 29.8 Å². The van der Waals surface area contributed by atoms with Crippen LogP contribution in [-0.4, -0.2) is 42.6 Å². The van der Waals surface area contributed by atoms with Gasteiger partial charge in [0, 0.05) is 19.2 Å². The van der Waals surface area contributed by atoms with Crippen molar-refractivity contribution in [2.24, 2.45) is 0 Å². The molecule has 1 fully saturated rings. The number of nitrogens with one attached hydrogen (secondary N) is 1. The van der Waals surface area contributed by atoms with E-state index in [9.17, 15) is 13.6 Å². The summed E-state index contributed by atoms with van der Waals surface area (Å²) >= 11 is 0. The van der Waals surface area contributed by atoms with Gasteiger partial charge in [0.2, 0.25) is 5.91 Å². The van der Waals surface area contributed by atoms with Gasteiger partial charge in [-0.3, -0.25) is 9.69 Å². The van der Waals surface area contributed by atoms with Crippen LogP contribution in [0.3, 0.4) is 0 Å². The molecule has 0 spiro atoms. The highest BCUT2D eigenvalue weighted by Gasteiger charge is 2.23. The van der Waals surface area contributed by atoms with Gasteiger partial charge in [0.15, 0.2) is 0 Å². The first-order valence-corrected chi connectivity index (χ1v) is 6.56. The quantitative estimate of drug-likeness (QED) is 0.923. The second kappa shape index (κ2) is 6.28. The molecule has 0 aliphatic carbocycles. The van der Waals surface area contributed by atoms with E-state index in [2.05, 4.69) is 5.32 Å². The van der Waals surface area contributed by atoms with Gasteiger partial charge in [-0.05, 0) is 26.0 Å². The van der Waals surface area contributed by atoms with E-state index < -0.39 is 11.6 Å². The third kappa shape index (κ3) is 3.98. The molecular formula is C14H18F2N2O2. The number of morpholine rings is 1. The first-order chi connectivity index (χ1) is 9.44. The Kier molecular flexibility index (Phi) is 4.67. The van der Waals surface area contributed by atoms with E-state index in [1.165, 1.54) is 6.07 Å². The highest BCUT2D eigenvalue weighted by molar-refractivity contribution is 5.92. The zero-order valence-corrected chi connectivity index (χ0v) is 11.5. The Hall–Kier alpha value is -1.53. The Labute approximate surface area is 116 Å². The third-order valence-electron chi connectivity index (χ3n) is 3.07. The van der Waals surface area contributed by atoms with E-state index in [0.717, 1.165) is 12.1 Å². The molecule has 1 N–H and O–H groups in total. The lowest BCUT2D eigenvalue weighted by Crippen LogP contribution is -2.48. The number of anilines is 1. The Morgan fingerprint density at radius 2 is 2.00 bits per heavy atom. The Bertz CT molecular complexity index is 486. The molecule has 2 unspecified atom stereocenters. The maximum Gasteiger partial charge on any atom is 0.238 e. The number of benzene rings is 1. The van der Waals surface area contributed by atoms with E-state index in [1.807, 2.05) is 18.7 Å². The van der Waals surface area contributed by atoms with Crippen LogP contribution in [0.5, 0.6) is 0 Å². The molecule has 2 rings (SSSR count). The summed E-state index contributed by atoms with van der Waals surface area (Å²) in [5.74, 6) is -1.77. The predicted octanol–water partition coefficient (Wildman–Crippen LogP) is 2.01. The molecule has 1 aliphatic heterocycles. The van der Waals surface area contributed by atoms with Crippen molar-refractivity contribution in [2.45, 2.75) is 26.1 Å². The molecule has 110 valence electrons. The van der Waals surface area contributed by atoms with Gasteiger partial charge < -0.3 is 10.1 Å². The van der Waals surface area contributed by atoms with Crippen LogP contribution in [0.1, 0.15) is 13.8 Å². The first kappa shape index (κ1) is 14.9. The van der Waals surface area contributed by atoms with Gasteiger partial charge in [0.1, 0.15) is 11.6 Å². The molecule has 0 radical (unpaired) electrons. The monoisotopic (exact) mass is 284 g/mol. The van der Waals surface area contributed by atoms with Gasteiger partial charge in [0.05, 0.1) is 24.4 Å². The number of carbonyl (C=O) groups excluding carboxylic acids is 1. The van der Waals surface area contributed by atoms with E-state index in [1.54, 1.807) is 0 Å². The minimum absolute atomic E-state index is 0.00856.